The molecule has 100 valence electrons. The van der Waals surface area contributed by atoms with Crippen molar-refractivity contribution in [2.75, 3.05) is 6.54 Å². The van der Waals surface area contributed by atoms with Crippen molar-refractivity contribution in [2.45, 2.75) is 38.1 Å². The topological polar surface area (TPSA) is 51.0 Å². The summed E-state index contributed by atoms with van der Waals surface area (Å²) < 4.78 is 5.50. The summed E-state index contributed by atoms with van der Waals surface area (Å²) in [6, 6.07) is 10.5. The molecule has 1 aliphatic rings. The van der Waals surface area contributed by atoms with E-state index in [1.165, 1.54) is 12.0 Å². The van der Waals surface area contributed by atoms with Crippen LogP contribution in [-0.4, -0.2) is 16.7 Å². The van der Waals surface area contributed by atoms with Crippen molar-refractivity contribution in [3.05, 3.63) is 47.6 Å². The molecule has 1 aliphatic heterocycles. The van der Waals surface area contributed by atoms with Gasteiger partial charge in [0.25, 0.3) is 0 Å². The Morgan fingerprint density at radius 2 is 2.05 bits per heavy atom. The Labute approximate surface area is 113 Å². The van der Waals surface area contributed by atoms with Gasteiger partial charge in [-0.25, -0.2) is 0 Å². The van der Waals surface area contributed by atoms with Crippen LogP contribution in [0.2, 0.25) is 0 Å². The molecule has 1 fully saturated rings. The Balaban J connectivity index is 1.89. The summed E-state index contributed by atoms with van der Waals surface area (Å²) in [5.74, 6) is 1.47. The predicted molar refractivity (Wildman–Crippen MR) is 72.8 cm³/mol. The molecule has 1 atom stereocenters. The lowest BCUT2D eigenvalue weighted by Gasteiger charge is -2.20. The molecular formula is C15H19N3O. The Bertz CT molecular complexity index is 542. The first-order valence-corrected chi connectivity index (χ1v) is 6.81. The molecule has 4 nitrogen and oxygen atoms in total. The molecule has 0 amide bonds. The van der Waals surface area contributed by atoms with E-state index < -0.39 is 0 Å². The average Bonchev–Trinajstić information content (AvgIpc) is 3.10. The highest BCUT2D eigenvalue weighted by molar-refractivity contribution is 5.29. The molecule has 4 heteroatoms. The summed E-state index contributed by atoms with van der Waals surface area (Å²) in [6.45, 7) is 5.26. The van der Waals surface area contributed by atoms with Crippen LogP contribution in [0.5, 0.6) is 0 Å². The fraction of sp³-hybridized carbons (Fsp3) is 0.467. The monoisotopic (exact) mass is 257 g/mol. The van der Waals surface area contributed by atoms with Crippen molar-refractivity contribution in [2.24, 2.45) is 0 Å². The van der Waals surface area contributed by atoms with E-state index in [9.17, 15) is 0 Å². The Hall–Kier alpha value is -1.68. The largest absolute Gasteiger partial charge is 0.338 e. The first-order chi connectivity index (χ1) is 9.18. The molecule has 1 N–H and O–H groups in total. The highest BCUT2D eigenvalue weighted by Gasteiger charge is 2.31. The normalized spacial score (nSPS) is 19.8. The summed E-state index contributed by atoms with van der Waals surface area (Å²) in [5, 5.41) is 7.53. The van der Waals surface area contributed by atoms with Crippen molar-refractivity contribution in [1.82, 2.24) is 15.5 Å². The molecule has 19 heavy (non-hydrogen) atoms. The minimum absolute atomic E-state index is 0.254. The number of hydrogen-bond donors (Lipinski definition) is 1. The van der Waals surface area contributed by atoms with E-state index in [2.05, 4.69) is 41.4 Å². The predicted octanol–water partition coefficient (Wildman–Crippen LogP) is 2.82. The zero-order chi connectivity index (χ0) is 13.3. The van der Waals surface area contributed by atoms with Crippen LogP contribution >= 0.6 is 0 Å². The van der Waals surface area contributed by atoms with Gasteiger partial charge in [0.15, 0.2) is 5.82 Å². The van der Waals surface area contributed by atoms with E-state index >= 15 is 0 Å². The third-order valence-electron chi connectivity index (χ3n) is 3.84. The van der Waals surface area contributed by atoms with E-state index in [4.69, 9.17) is 4.52 Å². The molecule has 0 bridgehead atoms. The number of hydrogen-bond acceptors (Lipinski definition) is 4. The van der Waals surface area contributed by atoms with Crippen LogP contribution < -0.4 is 5.32 Å². The summed E-state index contributed by atoms with van der Waals surface area (Å²) in [4.78, 5) is 4.60. The Morgan fingerprint density at radius 1 is 1.26 bits per heavy atom. The lowest BCUT2D eigenvalue weighted by molar-refractivity contribution is 0.327. The second-order valence-electron chi connectivity index (χ2n) is 5.60. The van der Waals surface area contributed by atoms with E-state index in [1.807, 2.05) is 18.2 Å². The highest BCUT2D eigenvalue weighted by atomic mass is 16.5. The molecule has 0 aliphatic carbocycles. The third-order valence-corrected chi connectivity index (χ3v) is 3.84. The number of benzene rings is 1. The molecule has 0 spiro atoms. The number of aromatic nitrogens is 2. The minimum atomic E-state index is -0.259. The van der Waals surface area contributed by atoms with Gasteiger partial charge in [-0.15, -0.1) is 0 Å². The van der Waals surface area contributed by atoms with Crippen molar-refractivity contribution in [1.29, 1.82) is 0 Å². The molecule has 0 saturated carbocycles. The van der Waals surface area contributed by atoms with Crippen molar-refractivity contribution in [3.8, 4) is 0 Å². The zero-order valence-corrected chi connectivity index (χ0v) is 11.4. The second-order valence-corrected chi connectivity index (χ2v) is 5.60. The molecule has 0 radical (unpaired) electrons. The molecular weight excluding hydrogens is 238 g/mol. The van der Waals surface area contributed by atoms with Gasteiger partial charge in [0, 0.05) is 0 Å². The van der Waals surface area contributed by atoms with Crippen LogP contribution in [0.25, 0.3) is 0 Å². The van der Waals surface area contributed by atoms with Crippen LogP contribution in [0.3, 0.4) is 0 Å². The maximum absolute atomic E-state index is 5.50. The average molecular weight is 257 g/mol. The Kier molecular flexibility index (Phi) is 3.11. The van der Waals surface area contributed by atoms with Gasteiger partial charge in [0.2, 0.25) is 5.89 Å². The van der Waals surface area contributed by atoms with E-state index in [1.54, 1.807) is 0 Å². The molecule has 2 aromatic rings. The summed E-state index contributed by atoms with van der Waals surface area (Å²) in [7, 11) is 0. The van der Waals surface area contributed by atoms with Gasteiger partial charge in [-0.2, -0.15) is 4.98 Å². The van der Waals surface area contributed by atoms with E-state index in [-0.39, 0.29) is 11.5 Å². The van der Waals surface area contributed by atoms with Gasteiger partial charge in [-0.3, -0.25) is 0 Å². The van der Waals surface area contributed by atoms with Crippen LogP contribution in [0.15, 0.2) is 34.9 Å². The summed E-state index contributed by atoms with van der Waals surface area (Å²) in [5.41, 5.74) is 0.926. The molecule has 1 unspecified atom stereocenters. The quantitative estimate of drug-likeness (QED) is 0.918. The molecule has 1 saturated heterocycles. The van der Waals surface area contributed by atoms with Gasteiger partial charge in [-0.05, 0) is 38.8 Å². The van der Waals surface area contributed by atoms with Gasteiger partial charge in [0.05, 0.1) is 11.5 Å². The second kappa shape index (κ2) is 4.78. The summed E-state index contributed by atoms with van der Waals surface area (Å²) in [6.07, 6.45) is 2.27. The van der Waals surface area contributed by atoms with Crippen LogP contribution in [0, 0.1) is 0 Å². The van der Waals surface area contributed by atoms with Crippen LogP contribution in [0.1, 0.15) is 50.0 Å². The van der Waals surface area contributed by atoms with Crippen molar-refractivity contribution in [3.63, 3.8) is 0 Å². The zero-order valence-electron chi connectivity index (χ0n) is 11.4. The molecule has 1 aromatic heterocycles. The van der Waals surface area contributed by atoms with Crippen molar-refractivity contribution < 1.29 is 4.52 Å². The third kappa shape index (κ3) is 2.28. The van der Waals surface area contributed by atoms with Gasteiger partial charge in [0.1, 0.15) is 0 Å². The fourth-order valence-corrected chi connectivity index (χ4v) is 2.51. The lowest BCUT2D eigenvalue weighted by atomic mass is 9.84. The van der Waals surface area contributed by atoms with Gasteiger partial charge in [-0.1, -0.05) is 35.5 Å². The fourth-order valence-electron chi connectivity index (χ4n) is 2.51. The SMILES string of the molecule is CC(C)(c1ccccc1)c1nc(C2CCCN2)no1. The van der Waals surface area contributed by atoms with Crippen LogP contribution in [-0.2, 0) is 5.41 Å². The highest BCUT2D eigenvalue weighted by Crippen LogP contribution is 2.31. The Morgan fingerprint density at radius 3 is 2.74 bits per heavy atom. The van der Waals surface area contributed by atoms with Crippen LogP contribution in [0.4, 0.5) is 0 Å². The maximum Gasteiger partial charge on any atom is 0.236 e. The maximum atomic E-state index is 5.50. The first-order valence-electron chi connectivity index (χ1n) is 6.81. The standard InChI is InChI=1S/C15H19N3O/c1-15(2,11-7-4-3-5-8-11)14-17-13(18-19-14)12-9-6-10-16-12/h3-5,7-8,12,16H,6,9-10H2,1-2H3. The number of nitrogens with zero attached hydrogens (tertiary/aromatic N) is 2. The number of nitrogens with one attached hydrogen (secondary N) is 1. The molecule has 2 heterocycles. The molecule has 3 rings (SSSR count). The van der Waals surface area contributed by atoms with E-state index in [0.29, 0.717) is 5.89 Å². The molecule has 1 aromatic carbocycles. The smallest absolute Gasteiger partial charge is 0.236 e. The summed E-state index contributed by atoms with van der Waals surface area (Å²) >= 11 is 0. The van der Waals surface area contributed by atoms with Gasteiger partial charge < -0.3 is 9.84 Å². The number of rotatable bonds is 3. The lowest BCUT2D eigenvalue weighted by Crippen LogP contribution is -2.20. The van der Waals surface area contributed by atoms with Gasteiger partial charge >= 0.3 is 0 Å². The van der Waals surface area contributed by atoms with Crippen molar-refractivity contribution >= 4 is 0 Å². The first kappa shape index (κ1) is 12.4. The minimum Gasteiger partial charge on any atom is -0.338 e. The van der Waals surface area contributed by atoms with E-state index in [0.717, 1.165) is 18.8 Å².